The lowest BCUT2D eigenvalue weighted by Gasteiger charge is -2.28. The molecule has 128 valence electrons. The summed E-state index contributed by atoms with van der Waals surface area (Å²) >= 11 is 1.77. The lowest BCUT2D eigenvalue weighted by Crippen LogP contribution is -2.37. The van der Waals surface area contributed by atoms with Gasteiger partial charge in [-0.2, -0.15) is 0 Å². The number of morpholine rings is 1. The van der Waals surface area contributed by atoms with Gasteiger partial charge in [0.25, 0.3) is 0 Å². The summed E-state index contributed by atoms with van der Waals surface area (Å²) in [6.45, 7) is 6.91. The summed E-state index contributed by atoms with van der Waals surface area (Å²) in [6, 6.07) is 8.50. The summed E-state index contributed by atoms with van der Waals surface area (Å²) < 4.78 is 13.2. The topological polar surface area (TPSA) is 52.4 Å². The second-order valence-electron chi connectivity index (χ2n) is 6.16. The second-order valence-corrected chi connectivity index (χ2v) is 7.43. The lowest BCUT2D eigenvalue weighted by atomic mass is 10.2. The summed E-state index contributed by atoms with van der Waals surface area (Å²) in [4.78, 5) is 2.26. The van der Waals surface area contributed by atoms with Crippen LogP contribution in [-0.2, 0) is 9.47 Å². The van der Waals surface area contributed by atoms with E-state index in [2.05, 4.69) is 50.9 Å². The van der Waals surface area contributed by atoms with E-state index in [0.29, 0.717) is 5.25 Å². The monoisotopic (exact) mass is 346 g/mol. The van der Waals surface area contributed by atoms with Gasteiger partial charge in [0.1, 0.15) is 0 Å². The van der Waals surface area contributed by atoms with Gasteiger partial charge in [0.05, 0.1) is 25.5 Å². The average molecular weight is 346 g/mol. The van der Waals surface area contributed by atoms with Crippen molar-refractivity contribution in [3.05, 3.63) is 29.8 Å². The molecule has 1 aromatic carbocycles. The number of aryl methyl sites for hydroxylation is 1. The van der Waals surface area contributed by atoms with Crippen LogP contribution in [0.15, 0.2) is 29.4 Å². The fraction of sp³-hybridized carbons (Fsp3) is 0.529. The molecule has 2 aliphatic heterocycles. The molecular weight excluding hydrogens is 324 g/mol. The molecule has 1 atom stereocenters. The lowest BCUT2D eigenvalue weighted by molar-refractivity contribution is 0.122. The minimum Gasteiger partial charge on any atom is -0.380 e. The van der Waals surface area contributed by atoms with Gasteiger partial charge in [-0.3, -0.25) is 4.57 Å². The maximum absolute atomic E-state index is 5.51. The number of hydrogen-bond donors (Lipinski definition) is 0. The highest BCUT2D eigenvalue weighted by Crippen LogP contribution is 2.32. The van der Waals surface area contributed by atoms with Gasteiger partial charge < -0.3 is 14.4 Å². The molecule has 7 heteroatoms. The summed E-state index contributed by atoms with van der Waals surface area (Å²) in [5.74, 6) is 0.908. The molecule has 2 aliphatic rings. The highest BCUT2D eigenvalue weighted by molar-refractivity contribution is 7.99. The van der Waals surface area contributed by atoms with Crippen molar-refractivity contribution in [1.82, 2.24) is 14.8 Å². The maximum Gasteiger partial charge on any atom is 0.232 e. The van der Waals surface area contributed by atoms with Crippen molar-refractivity contribution in [1.29, 1.82) is 0 Å². The van der Waals surface area contributed by atoms with Crippen LogP contribution in [0.3, 0.4) is 0 Å². The molecule has 2 fully saturated rings. The van der Waals surface area contributed by atoms with Crippen molar-refractivity contribution in [2.75, 3.05) is 44.4 Å². The van der Waals surface area contributed by atoms with E-state index < -0.39 is 0 Å². The Bertz CT molecular complexity index is 694. The van der Waals surface area contributed by atoms with Gasteiger partial charge in [0, 0.05) is 24.9 Å². The number of benzene rings is 1. The minimum atomic E-state index is 0.454. The Labute approximate surface area is 146 Å². The predicted molar refractivity (Wildman–Crippen MR) is 94.2 cm³/mol. The first-order chi connectivity index (χ1) is 11.8. The zero-order chi connectivity index (χ0) is 16.4. The van der Waals surface area contributed by atoms with Crippen LogP contribution in [0, 0.1) is 6.92 Å². The summed E-state index contributed by atoms with van der Waals surface area (Å²) in [6.07, 6.45) is 1.07. The van der Waals surface area contributed by atoms with E-state index in [0.717, 1.165) is 62.7 Å². The molecule has 1 aromatic heterocycles. The van der Waals surface area contributed by atoms with E-state index in [-0.39, 0.29) is 0 Å². The van der Waals surface area contributed by atoms with Gasteiger partial charge in [0.15, 0.2) is 5.16 Å². The van der Waals surface area contributed by atoms with Crippen molar-refractivity contribution in [3.63, 3.8) is 0 Å². The molecule has 0 unspecified atom stereocenters. The molecule has 0 N–H and O–H groups in total. The number of rotatable bonds is 4. The first-order valence-electron chi connectivity index (χ1n) is 8.41. The van der Waals surface area contributed by atoms with E-state index in [1.807, 2.05) is 0 Å². The Morgan fingerprint density at radius 1 is 1.12 bits per heavy atom. The van der Waals surface area contributed by atoms with E-state index in [4.69, 9.17) is 9.47 Å². The molecule has 24 heavy (non-hydrogen) atoms. The van der Waals surface area contributed by atoms with Crippen molar-refractivity contribution in [3.8, 4) is 5.69 Å². The SMILES string of the molecule is Cc1cccc(-n2c(S[C@@H]3CCOC3)nnc2N2CCOCC2)c1. The summed E-state index contributed by atoms with van der Waals surface area (Å²) in [5.41, 5.74) is 2.34. The molecule has 0 amide bonds. The van der Waals surface area contributed by atoms with E-state index in [1.54, 1.807) is 11.8 Å². The molecule has 3 heterocycles. The van der Waals surface area contributed by atoms with Crippen molar-refractivity contribution in [2.24, 2.45) is 0 Å². The fourth-order valence-electron chi connectivity index (χ4n) is 3.05. The van der Waals surface area contributed by atoms with Crippen LogP contribution in [-0.4, -0.2) is 59.5 Å². The van der Waals surface area contributed by atoms with Crippen LogP contribution in [0.2, 0.25) is 0 Å². The molecule has 0 radical (unpaired) electrons. The molecule has 6 nitrogen and oxygen atoms in total. The van der Waals surface area contributed by atoms with Gasteiger partial charge in [-0.1, -0.05) is 23.9 Å². The second kappa shape index (κ2) is 7.13. The highest BCUT2D eigenvalue weighted by Gasteiger charge is 2.25. The number of aromatic nitrogens is 3. The quantitative estimate of drug-likeness (QED) is 0.847. The summed E-state index contributed by atoms with van der Waals surface area (Å²) in [5, 5.41) is 10.4. The highest BCUT2D eigenvalue weighted by atomic mass is 32.2. The molecule has 4 rings (SSSR count). The fourth-order valence-corrected chi connectivity index (χ4v) is 4.11. The van der Waals surface area contributed by atoms with Crippen LogP contribution in [0.4, 0.5) is 5.95 Å². The van der Waals surface area contributed by atoms with Gasteiger partial charge >= 0.3 is 0 Å². The van der Waals surface area contributed by atoms with Gasteiger partial charge in [0.2, 0.25) is 5.95 Å². The average Bonchev–Trinajstić information content (AvgIpc) is 3.26. The Morgan fingerprint density at radius 3 is 2.75 bits per heavy atom. The first kappa shape index (κ1) is 15.9. The molecule has 0 aliphatic carbocycles. The number of anilines is 1. The van der Waals surface area contributed by atoms with Gasteiger partial charge in [-0.05, 0) is 31.0 Å². The van der Waals surface area contributed by atoms with Crippen LogP contribution in [0.5, 0.6) is 0 Å². The van der Waals surface area contributed by atoms with E-state index >= 15 is 0 Å². The van der Waals surface area contributed by atoms with Crippen LogP contribution in [0.1, 0.15) is 12.0 Å². The molecular formula is C17H22N4O2S. The van der Waals surface area contributed by atoms with Crippen molar-refractivity contribution < 1.29 is 9.47 Å². The third kappa shape index (κ3) is 3.29. The summed E-state index contributed by atoms with van der Waals surface area (Å²) in [7, 11) is 0. The van der Waals surface area contributed by atoms with E-state index in [1.165, 1.54) is 5.56 Å². The zero-order valence-electron chi connectivity index (χ0n) is 13.9. The van der Waals surface area contributed by atoms with Crippen LogP contribution >= 0.6 is 11.8 Å². The van der Waals surface area contributed by atoms with Crippen LogP contribution in [0.25, 0.3) is 5.69 Å². The van der Waals surface area contributed by atoms with Crippen molar-refractivity contribution >= 4 is 17.7 Å². The minimum absolute atomic E-state index is 0.454. The Hall–Kier alpha value is -1.57. The van der Waals surface area contributed by atoms with Gasteiger partial charge in [-0.15, -0.1) is 10.2 Å². The molecule has 0 saturated carbocycles. The number of thioether (sulfide) groups is 1. The number of nitrogens with zero attached hydrogens (tertiary/aromatic N) is 4. The largest absolute Gasteiger partial charge is 0.380 e. The Balaban J connectivity index is 1.71. The molecule has 0 spiro atoms. The van der Waals surface area contributed by atoms with Crippen LogP contribution < -0.4 is 4.90 Å². The smallest absolute Gasteiger partial charge is 0.232 e. The number of ether oxygens (including phenoxy) is 2. The van der Waals surface area contributed by atoms with Gasteiger partial charge in [-0.25, -0.2) is 0 Å². The third-order valence-electron chi connectivity index (χ3n) is 4.33. The Morgan fingerprint density at radius 2 is 2.00 bits per heavy atom. The normalized spacial score (nSPS) is 21.4. The van der Waals surface area contributed by atoms with E-state index in [9.17, 15) is 0 Å². The molecule has 2 saturated heterocycles. The number of hydrogen-bond acceptors (Lipinski definition) is 6. The maximum atomic E-state index is 5.51. The zero-order valence-corrected chi connectivity index (χ0v) is 14.7. The standard InChI is InChI=1S/C17H22N4O2S/c1-13-3-2-4-14(11-13)21-16(20-6-9-22-10-7-20)18-19-17(21)24-15-5-8-23-12-15/h2-4,11,15H,5-10,12H2,1H3/t15-/m1/s1. The first-order valence-corrected chi connectivity index (χ1v) is 9.29. The predicted octanol–water partition coefficient (Wildman–Crippen LogP) is 2.29. The molecule has 0 bridgehead atoms. The molecule has 2 aromatic rings. The van der Waals surface area contributed by atoms with Crippen molar-refractivity contribution in [2.45, 2.75) is 23.8 Å². The Kier molecular flexibility index (Phi) is 4.73. The third-order valence-corrected chi connectivity index (χ3v) is 5.51.